The number of ether oxygens (including phenoxy) is 3. The minimum Gasteiger partial charge on any atom is -0.454 e. The Morgan fingerprint density at radius 3 is 1.75 bits per heavy atom. The van der Waals surface area contributed by atoms with Crippen LogP contribution in [0.5, 0.6) is 0 Å². The fourth-order valence-electron chi connectivity index (χ4n) is 7.87. The van der Waals surface area contributed by atoms with Crippen molar-refractivity contribution in [3.63, 3.8) is 0 Å². The zero-order valence-electron chi connectivity index (χ0n) is 42.7. The second-order valence-corrected chi connectivity index (χ2v) is 18.3. The summed E-state index contributed by atoms with van der Waals surface area (Å²) in [5.74, 6) is -1.24. The van der Waals surface area contributed by atoms with Crippen molar-refractivity contribution in [1.29, 1.82) is 0 Å². The normalized spacial score (nSPS) is 20.6. The van der Waals surface area contributed by atoms with Gasteiger partial charge in [-0.1, -0.05) is 209 Å². The molecular formula is C57H97NO10. The third kappa shape index (κ3) is 33.4. The summed E-state index contributed by atoms with van der Waals surface area (Å²) in [5.41, 5.74) is 0. The Hall–Kier alpha value is -3.16. The fraction of sp³-hybridized carbons (Fsp3) is 0.719. The van der Waals surface area contributed by atoms with Gasteiger partial charge < -0.3 is 45.1 Å². The summed E-state index contributed by atoms with van der Waals surface area (Å²) in [4.78, 5) is 26.4. The summed E-state index contributed by atoms with van der Waals surface area (Å²) < 4.78 is 17.5. The number of allylic oxidation sites excluding steroid dienone is 13. The molecule has 1 amide bonds. The lowest BCUT2D eigenvalue weighted by Crippen LogP contribution is -2.61. The van der Waals surface area contributed by atoms with Crippen molar-refractivity contribution in [1.82, 2.24) is 5.32 Å². The van der Waals surface area contributed by atoms with Crippen LogP contribution >= 0.6 is 0 Å². The van der Waals surface area contributed by atoms with E-state index in [0.29, 0.717) is 12.8 Å². The average Bonchev–Trinajstić information content (AvgIpc) is 3.33. The fourth-order valence-corrected chi connectivity index (χ4v) is 7.87. The van der Waals surface area contributed by atoms with Gasteiger partial charge in [-0.05, 0) is 70.6 Å². The minimum absolute atomic E-state index is 0.0924. The smallest absolute Gasteiger partial charge is 0.306 e. The van der Waals surface area contributed by atoms with Crippen molar-refractivity contribution < 1.29 is 49.3 Å². The van der Waals surface area contributed by atoms with E-state index in [1.165, 1.54) is 38.5 Å². The summed E-state index contributed by atoms with van der Waals surface area (Å²) >= 11 is 0. The van der Waals surface area contributed by atoms with Gasteiger partial charge in [-0.2, -0.15) is 0 Å². The molecule has 390 valence electrons. The zero-order valence-corrected chi connectivity index (χ0v) is 42.7. The third-order valence-corrected chi connectivity index (χ3v) is 12.1. The van der Waals surface area contributed by atoms with E-state index < -0.39 is 67.4 Å². The topological polar surface area (TPSA) is 175 Å². The Labute approximate surface area is 413 Å². The molecule has 68 heavy (non-hydrogen) atoms. The van der Waals surface area contributed by atoms with E-state index in [1.807, 2.05) is 42.5 Å². The number of rotatable bonds is 43. The van der Waals surface area contributed by atoms with Crippen molar-refractivity contribution in [2.45, 2.75) is 250 Å². The lowest BCUT2D eigenvalue weighted by Gasteiger charge is -2.41. The molecule has 0 bridgehead atoms. The van der Waals surface area contributed by atoms with E-state index in [-0.39, 0.29) is 19.4 Å². The predicted molar refractivity (Wildman–Crippen MR) is 278 cm³/mol. The lowest BCUT2D eigenvalue weighted by molar-refractivity contribution is -0.305. The molecule has 11 heteroatoms. The molecule has 0 spiro atoms. The molecule has 0 aromatic heterocycles. The molecule has 1 aliphatic rings. The molecule has 8 unspecified atom stereocenters. The van der Waals surface area contributed by atoms with E-state index in [0.717, 1.165) is 116 Å². The SMILES string of the molecule is CC/C=C/C=C/C=C/C=C\CCCCCCCC(=O)OC1C(OCC(NC(=O)C(O)CCCCCCCC/C=C/C/C=C/CC)C(O)/C=C/CCCCCCCCCCC)OC(CO)C(O)C1O. The van der Waals surface area contributed by atoms with Gasteiger partial charge in [0.1, 0.15) is 24.4 Å². The third-order valence-electron chi connectivity index (χ3n) is 12.1. The number of carbonyl (C=O) groups is 2. The van der Waals surface area contributed by atoms with Crippen LogP contribution in [0.25, 0.3) is 0 Å². The maximum atomic E-state index is 13.3. The van der Waals surface area contributed by atoms with Crippen LogP contribution in [0.3, 0.4) is 0 Å². The molecule has 8 atom stereocenters. The first-order valence-corrected chi connectivity index (χ1v) is 26.9. The molecule has 1 rings (SSSR count). The van der Waals surface area contributed by atoms with Gasteiger partial charge in [-0.25, -0.2) is 0 Å². The largest absolute Gasteiger partial charge is 0.454 e. The van der Waals surface area contributed by atoms with Gasteiger partial charge in [-0.15, -0.1) is 0 Å². The van der Waals surface area contributed by atoms with Gasteiger partial charge in [0, 0.05) is 6.42 Å². The van der Waals surface area contributed by atoms with Gasteiger partial charge in [0.15, 0.2) is 12.4 Å². The van der Waals surface area contributed by atoms with Crippen LogP contribution in [0.15, 0.2) is 85.1 Å². The molecule has 1 heterocycles. The Balaban J connectivity index is 2.78. The molecule has 0 saturated carbocycles. The average molecular weight is 956 g/mol. The summed E-state index contributed by atoms with van der Waals surface area (Å²) in [6.45, 7) is 5.48. The molecule has 1 saturated heterocycles. The molecule has 0 radical (unpaired) electrons. The van der Waals surface area contributed by atoms with Gasteiger partial charge in [0.05, 0.1) is 25.4 Å². The number of carbonyl (C=O) groups excluding carboxylic acids is 2. The number of unbranched alkanes of at least 4 members (excludes halogenated alkanes) is 20. The number of aliphatic hydroxyl groups is 5. The number of hydrogen-bond acceptors (Lipinski definition) is 10. The van der Waals surface area contributed by atoms with E-state index >= 15 is 0 Å². The van der Waals surface area contributed by atoms with Crippen molar-refractivity contribution in [2.24, 2.45) is 0 Å². The second-order valence-electron chi connectivity index (χ2n) is 18.3. The number of hydrogen-bond donors (Lipinski definition) is 6. The van der Waals surface area contributed by atoms with Crippen LogP contribution in [0.4, 0.5) is 0 Å². The van der Waals surface area contributed by atoms with Gasteiger partial charge in [0.25, 0.3) is 0 Å². The second kappa shape index (κ2) is 45.0. The summed E-state index contributed by atoms with van der Waals surface area (Å²) in [6, 6.07) is -1.04. The Bertz CT molecular complexity index is 1420. The van der Waals surface area contributed by atoms with Crippen molar-refractivity contribution in [2.75, 3.05) is 13.2 Å². The highest BCUT2D eigenvalue weighted by atomic mass is 16.7. The first-order valence-electron chi connectivity index (χ1n) is 26.9. The van der Waals surface area contributed by atoms with Gasteiger partial charge in [-0.3, -0.25) is 9.59 Å². The minimum atomic E-state index is -1.63. The highest BCUT2D eigenvalue weighted by Crippen LogP contribution is 2.26. The summed E-state index contributed by atoms with van der Waals surface area (Å²) in [7, 11) is 0. The van der Waals surface area contributed by atoms with Crippen molar-refractivity contribution >= 4 is 11.9 Å². The molecular weight excluding hydrogens is 859 g/mol. The van der Waals surface area contributed by atoms with Crippen LogP contribution in [0.1, 0.15) is 201 Å². The molecule has 0 aromatic rings. The van der Waals surface area contributed by atoms with Gasteiger partial charge >= 0.3 is 5.97 Å². The Kier molecular flexibility index (Phi) is 41.6. The zero-order chi connectivity index (χ0) is 49.7. The quantitative estimate of drug-likeness (QED) is 0.0149. The number of amides is 1. The monoisotopic (exact) mass is 956 g/mol. The standard InChI is InChI=1S/C57H97NO10/c1-4-7-10-13-16-19-22-24-25-27-30-33-36-39-42-45-52(62)68-55-54(64)53(63)51(46-59)67-57(55)66-47-48(49(60)43-40-37-34-31-28-21-18-15-12-9-6-3)58-56(65)50(61)44-41-38-35-32-29-26-23-20-17-14-11-8-5-2/h7-8,10-11,13,16-17,19-20,22,24-25,40,43,48-51,53-55,57,59-61,63-64H,4-6,9,12,14-15,18,21,23,26-39,41-42,44-47H2,1-3H3,(H,58,65)/b10-7+,11-8+,16-13+,20-17+,22-19+,25-24-,43-40+. The maximum absolute atomic E-state index is 13.3. The summed E-state index contributed by atoms with van der Waals surface area (Å²) in [6.07, 6.45) is 46.3. The molecule has 0 aliphatic carbocycles. The Morgan fingerprint density at radius 2 is 1.13 bits per heavy atom. The molecule has 6 N–H and O–H groups in total. The van der Waals surface area contributed by atoms with E-state index in [4.69, 9.17) is 14.2 Å². The van der Waals surface area contributed by atoms with E-state index in [9.17, 15) is 35.1 Å². The molecule has 1 aliphatic heterocycles. The number of aliphatic hydroxyl groups excluding tert-OH is 5. The summed E-state index contributed by atoms with van der Waals surface area (Å²) in [5, 5.41) is 56.6. The first-order chi connectivity index (χ1) is 33.2. The van der Waals surface area contributed by atoms with E-state index in [1.54, 1.807) is 6.08 Å². The maximum Gasteiger partial charge on any atom is 0.306 e. The highest BCUT2D eigenvalue weighted by Gasteiger charge is 2.47. The first kappa shape index (κ1) is 62.9. The number of esters is 1. The lowest BCUT2D eigenvalue weighted by atomic mass is 9.99. The van der Waals surface area contributed by atoms with Crippen molar-refractivity contribution in [3.8, 4) is 0 Å². The van der Waals surface area contributed by atoms with E-state index in [2.05, 4.69) is 62.5 Å². The highest BCUT2D eigenvalue weighted by molar-refractivity contribution is 5.80. The van der Waals surface area contributed by atoms with Gasteiger partial charge in [0.2, 0.25) is 5.91 Å². The van der Waals surface area contributed by atoms with Crippen LogP contribution in [0.2, 0.25) is 0 Å². The van der Waals surface area contributed by atoms with Crippen LogP contribution in [-0.2, 0) is 23.8 Å². The molecule has 1 fully saturated rings. The molecule has 11 nitrogen and oxygen atoms in total. The van der Waals surface area contributed by atoms with Crippen LogP contribution in [0, 0.1) is 0 Å². The number of nitrogens with one attached hydrogen (secondary N) is 1. The predicted octanol–water partition coefficient (Wildman–Crippen LogP) is 11.4. The Morgan fingerprint density at radius 1 is 0.603 bits per heavy atom. The van der Waals surface area contributed by atoms with Crippen LogP contribution < -0.4 is 5.32 Å². The van der Waals surface area contributed by atoms with Crippen molar-refractivity contribution in [3.05, 3.63) is 85.1 Å². The molecule has 0 aromatic carbocycles. The van der Waals surface area contributed by atoms with Crippen LogP contribution in [-0.4, -0.2) is 99.6 Å².